The summed E-state index contributed by atoms with van der Waals surface area (Å²) in [5.41, 5.74) is 0.763. The third kappa shape index (κ3) is 4.39. The second-order valence-electron chi connectivity index (χ2n) is 4.58. The van der Waals surface area contributed by atoms with Crippen LogP contribution in [0.5, 0.6) is 0 Å². The lowest BCUT2D eigenvalue weighted by molar-refractivity contribution is -0.148. The molecule has 1 N–H and O–H groups in total. The lowest BCUT2D eigenvalue weighted by Gasteiger charge is -2.18. The number of halogens is 1. The molecule has 1 aromatic heterocycles. The number of hydrogen-bond donors (Lipinski definition) is 1. The van der Waals surface area contributed by atoms with Crippen molar-refractivity contribution < 1.29 is 18.7 Å². The van der Waals surface area contributed by atoms with E-state index in [9.17, 15) is 14.0 Å². The first-order valence-corrected chi connectivity index (χ1v) is 7.72. The zero-order valence-corrected chi connectivity index (χ0v) is 12.9. The normalized spacial score (nSPS) is 11.7. The van der Waals surface area contributed by atoms with Crippen LogP contribution in [-0.2, 0) is 14.3 Å². The molecule has 0 spiro atoms. The van der Waals surface area contributed by atoms with E-state index in [1.54, 1.807) is 19.1 Å². The molecule has 4 nitrogen and oxygen atoms in total. The first-order chi connectivity index (χ1) is 10.6. The maximum atomic E-state index is 13.1. The van der Waals surface area contributed by atoms with Crippen LogP contribution >= 0.6 is 11.3 Å². The number of amides is 1. The van der Waals surface area contributed by atoms with Crippen LogP contribution in [0.1, 0.15) is 29.8 Å². The molecule has 22 heavy (non-hydrogen) atoms. The van der Waals surface area contributed by atoms with Gasteiger partial charge in [-0.25, -0.2) is 4.39 Å². The minimum atomic E-state index is -0.426. The van der Waals surface area contributed by atoms with Crippen molar-refractivity contribution in [3.8, 4) is 0 Å². The molecule has 0 saturated carbocycles. The van der Waals surface area contributed by atoms with E-state index in [2.05, 4.69) is 5.32 Å². The molecular formula is C16H16FNO3S. The summed E-state index contributed by atoms with van der Waals surface area (Å²) in [6, 6.07) is 9.30. The number of esters is 1. The number of thiophene rings is 1. The predicted octanol–water partition coefficient (Wildman–Crippen LogP) is 3.05. The van der Waals surface area contributed by atoms with Gasteiger partial charge in [0.15, 0.2) is 6.61 Å². The number of benzene rings is 1. The van der Waals surface area contributed by atoms with E-state index in [1.165, 1.54) is 23.5 Å². The summed E-state index contributed by atoms with van der Waals surface area (Å²) in [4.78, 5) is 24.0. The van der Waals surface area contributed by atoms with Crippen LogP contribution in [0.3, 0.4) is 0 Å². The van der Waals surface area contributed by atoms with Crippen molar-refractivity contribution in [1.29, 1.82) is 0 Å². The molecule has 1 aromatic carbocycles. The van der Waals surface area contributed by atoms with Gasteiger partial charge in [0, 0.05) is 11.3 Å². The highest BCUT2D eigenvalue weighted by molar-refractivity contribution is 7.10. The van der Waals surface area contributed by atoms with Crippen LogP contribution in [0.25, 0.3) is 0 Å². The molecule has 0 radical (unpaired) electrons. The molecule has 0 saturated heterocycles. The number of ether oxygens (including phenoxy) is 1. The molecule has 0 unspecified atom stereocenters. The molecule has 0 aliphatic carbocycles. The fourth-order valence-corrected chi connectivity index (χ4v) is 2.68. The van der Waals surface area contributed by atoms with Crippen molar-refractivity contribution in [3.63, 3.8) is 0 Å². The molecule has 0 aliphatic rings. The molecule has 2 rings (SSSR count). The maximum Gasteiger partial charge on any atom is 0.306 e. The standard InChI is InChI=1S/C16H16FNO3S/c1-2-15(20)21-10-14(19)18-16(13-4-3-9-22-13)11-5-7-12(17)8-6-11/h3-9,16H,2,10H2,1H3,(H,18,19)/t16-/m0/s1. The summed E-state index contributed by atoms with van der Waals surface area (Å²) in [5.74, 6) is -1.16. The molecule has 0 fully saturated rings. The van der Waals surface area contributed by atoms with Gasteiger partial charge in [-0.1, -0.05) is 25.1 Å². The van der Waals surface area contributed by atoms with Crippen LogP contribution in [0.15, 0.2) is 41.8 Å². The van der Waals surface area contributed by atoms with Gasteiger partial charge in [0.05, 0.1) is 6.04 Å². The van der Waals surface area contributed by atoms with Crippen LogP contribution in [0.2, 0.25) is 0 Å². The molecule has 1 heterocycles. The summed E-state index contributed by atoms with van der Waals surface area (Å²) < 4.78 is 17.9. The zero-order chi connectivity index (χ0) is 15.9. The number of carbonyl (C=O) groups excluding carboxylic acids is 2. The van der Waals surface area contributed by atoms with E-state index >= 15 is 0 Å². The lowest BCUT2D eigenvalue weighted by atomic mass is 10.1. The lowest BCUT2D eigenvalue weighted by Crippen LogP contribution is -2.32. The second-order valence-corrected chi connectivity index (χ2v) is 5.56. The van der Waals surface area contributed by atoms with E-state index < -0.39 is 17.9 Å². The molecule has 0 bridgehead atoms. The Hall–Kier alpha value is -2.21. The SMILES string of the molecule is CCC(=O)OCC(=O)N[C@@H](c1ccc(F)cc1)c1cccs1. The van der Waals surface area contributed by atoms with Crippen molar-refractivity contribution in [2.24, 2.45) is 0 Å². The molecule has 1 amide bonds. The second kappa shape index (κ2) is 7.70. The largest absolute Gasteiger partial charge is 0.456 e. The first kappa shape index (κ1) is 16.2. The van der Waals surface area contributed by atoms with E-state index in [1.807, 2.05) is 17.5 Å². The van der Waals surface area contributed by atoms with Gasteiger partial charge in [-0.2, -0.15) is 0 Å². The van der Waals surface area contributed by atoms with E-state index in [0.29, 0.717) is 0 Å². The molecular weight excluding hydrogens is 305 g/mol. The topological polar surface area (TPSA) is 55.4 Å². The molecule has 1 atom stereocenters. The highest BCUT2D eigenvalue weighted by Crippen LogP contribution is 2.26. The highest BCUT2D eigenvalue weighted by atomic mass is 32.1. The van der Waals surface area contributed by atoms with Crippen molar-refractivity contribution in [1.82, 2.24) is 5.32 Å². The fraction of sp³-hybridized carbons (Fsp3) is 0.250. The van der Waals surface area contributed by atoms with Gasteiger partial charge >= 0.3 is 5.97 Å². The van der Waals surface area contributed by atoms with Crippen molar-refractivity contribution in [2.45, 2.75) is 19.4 Å². The van der Waals surface area contributed by atoms with Crippen LogP contribution in [0, 0.1) is 5.82 Å². The minimum Gasteiger partial charge on any atom is -0.456 e. The third-order valence-electron chi connectivity index (χ3n) is 2.99. The average molecular weight is 321 g/mol. The predicted molar refractivity (Wildman–Crippen MR) is 82.0 cm³/mol. The van der Waals surface area contributed by atoms with Gasteiger partial charge < -0.3 is 10.1 Å². The van der Waals surface area contributed by atoms with Gasteiger partial charge in [-0.3, -0.25) is 9.59 Å². The zero-order valence-electron chi connectivity index (χ0n) is 12.0. The van der Waals surface area contributed by atoms with E-state index in [-0.39, 0.29) is 18.8 Å². The highest BCUT2D eigenvalue weighted by Gasteiger charge is 2.18. The van der Waals surface area contributed by atoms with E-state index in [4.69, 9.17) is 4.74 Å². The molecule has 116 valence electrons. The Morgan fingerprint density at radius 1 is 1.27 bits per heavy atom. The Balaban J connectivity index is 2.10. The smallest absolute Gasteiger partial charge is 0.306 e. The van der Waals surface area contributed by atoms with Gasteiger partial charge in [0.25, 0.3) is 5.91 Å². The molecule has 6 heteroatoms. The quantitative estimate of drug-likeness (QED) is 0.832. The summed E-state index contributed by atoms with van der Waals surface area (Å²) in [7, 11) is 0. The van der Waals surface area contributed by atoms with Gasteiger partial charge in [0.1, 0.15) is 5.82 Å². The van der Waals surface area contributed by atoms with Gasteiger partial charge in [-0.05, 0) is 29.1 Å². The van der Waals surface area contributed by atoms with Gasteiger partial charge in [-0.15, -0.1) is 11.3 Å². The van der Waals surface area contributed by atoms with Crippen molar-refractivity contribution >= 4 is 23.2 Å². The summed E-state index contributed by atoms with van der Waals surface area (Å²) in [6.07, 6.45) is 0.222. The number of hydrogen-bond acceptors (Lipinski definition) is 4. The number of rotatable bonds is 6. The van der Waals surface area contributed by atoms with Crippen LogP contribution in [-0.4, -0.2) is 18.5 Å². The monoisotopic (exact) mass is 321 g/mol. The van der Waals surface area contributed by atoms with Gasteiger partial charge in [0.2, 0.25) is 0 Å². The van der Waals surface area contributed by atoms with Crippen LogP contribution in [0.4, 0.5) is 4.39 Å². The fourth-order valence-electron chi connectivity index (χ4n) is 1.88. The third-order valence-corrected chi connectivity index (χ3v) is 3.93. The Bertz CT molecular complexity index is 625. The summed E-state index contributed by atoms with van der Waals surface area (Å²) in [6.45, 7) is 1.34. The van der Waals surface area contributed by atoms with Crippen molar-refractivity contribution in [3.05, 3.63) is 58.0 Å². The minimum absolute atomic E-state index is 0.222. The average Bonchev–Trinajstić information content (AvgIpc) is 3.05. The molecule has 0 aliphatic heterocycles. The Morgan fingerprint density at radius 3 is 2.59 bits per heavy atom. The number of nitrogens with one attached hydrogen (secondary N) is 1. The van der Waals surface area contributed by atoms with Crippen LogP contribution < -0.4 is 5.32 Å². The Labute approximate surface area is 131 Å². The summed E-state index contributed by atoms with van der Waals surface area (Å²) in [5, 5.41) is 4.70. The number of carbonyl (C=O) groups is 2. The maximum absolute atomic E-state index is 13.1. The molecule has 2 aromatic rings. The summed E-state index contributed by atoms with van der Waals surface area (Å²) >= 11 is 1.48. The Morgan fingerprint density at radius 2 is 2.00 bits per heavy atom. The first-order valence-electron chi connectivity index (χ1n) is 6.84. The van der Waals surface area contributed by atoms with Crippen molar-refractivity contribution in [2.75, 3.05) is 6.61 Å². The Kier molecular flexibility index (Phi) is 5.66. The van der Waals surface area contributed by atoms with E-state index in [0.717, 1.165) is 10.4 Å².